The Morgan fingerprint density at radius 1 is 1.43 bits per heavy atom. The summed E-state index contributed by atoms with van der Waals surface area (Å²) in [7, 11) is 1.43. The van der Waals surface area contributed by atoms with Crippen molar-refractivity contribution in [3.05, 3.63) is 24.3 Å². The Morgan fingerprint density at radius 2 is 2.19 bits per heavy atom. The van der Waals surface area contributed by atoms with E-state index >= 15 is 0 Å². The second-order valence-electron chi connectivity index (χ2n) is 5.51. The molecule has 21 heavy (non-hydrogen) atoms. The molecule has 1 aliphatic rings. The van der Waals surface area contributed by atoms with Crippen LogP contribution in [0.5, 0.6) is 5.75 Å². The van der Waals surface area contributed by atoms with Crippen LogP contribution in [0.3, 0.4) is 0 Å². The van der Waals surface area contributed by atoms with Crippen LogP contribution < -0.4 is 15.0 Å². The molecular formula is C16H24N2O3. The van der Waals surface area contributed by atoms with E-state index in [-0.39, 0.29) is 18.1 Å². The van der Waals surface area contributed by atoms with Gasteiger partial charge in [-0.1, -0.05) is 26.0 Å². The van der Waals surface area contributed by atoms with Gasteiger partial charge in [-0.3, -0.25) is 4.79 Å². The number of nitrogens with one attached hydrogen (secondary N) is 1. The summed E-state index contributed by atoms with van der Waals surface area (Å²) in [6.07, 6.45) is 0.935. The van der Waals surface area contributed by atoms with E-state index in [4.69, 9.17) is 9.47 Å². The molecule has 0 amide bonds. The molecule has 0 aliphatic carbocycles. The number of nitrogens with zero attached hydrogens (tertiary/aromatic N) is 1. The maximum atomic E-state index is 12.0. The summed E-state index contributed by atoms with van der Waals surface area (Å²) in [5.74, 6) is 0.648. The highest BCUT2D eigenvalue weighted by molar-refractivity contribution is 5.77. The summed E-state index contributed by atoms with van der Waals surface area (Å²) in [5.41, 5.74) is 1.04. The monoisotopic (exact) mass is 292 g/mol. The molecule has 0 radical (unpaired) electrons. The van der Waals surface area contributed by atoms with Crippen molar-refractivity contribution in [2.24, 2.45) is 0 Å². The van der Waals surface area contributed by atoms with Crippen molar-refractivity contribution in [1.82, 2.24) is 5.32 Å². The highest BCUT2D eigenvalue weighted by Crippen LogP contribution is 2.30. The number of para-hydroxylation sites is 2. The van der Waals surface area contributed by atoms with Crippen LogP contribution >= 0.6 is 0 Å². The lowest BCUT2D eigenvalue weighted by molar-refractivity contribution is -0.143. The number of esters is 1. The maximum Gasteiger partial charge on any atom is 0.324 e. The molecule has 1 atom stereocenters. The molecule has 1 N–H and O–H groups in total. The lowest BCUT2D eigenvalue weighted by Crippen LogP contribution is -2.49. The van der Waals surface area contributed by atoms with Crippen molar-refractivity contribution >= 4 is 11.7 Å². The van der Waals surface area contributed by atoms with Gasteiger partial charge in [0, 0.05) is 19.1 Å². The van der Waals surface area contributed by atoms with Crippen molar-refractivity contribution in [3.8, 4) is 5.75 Å². The summed E-state index contributed by atoms with van der Waals surface area (Å²) in [5, 5.41) is 3.27. The molecule has 1 aromatic rings. The first kappa shape index (κ1) is 15.6. The predicted molar refractivity (Wildman–Crippen MR) is 82.8 cm³/mol. The zero-order valence-electron chi connectivity index (χ0n) is 13.0. The van der Waals surface area contributed by atoms with E-state index in [1.807, 2.05) is 38.1 Å². The van der Waals surface area contributed by atoms with E-state index in [0.29, 0.717) is 13.2 Å². The number of benzene rings is 1. The highest BCUT2D eigenvalue weighted by Gasteiger charge is 2.25. The summed E-state index contributed by atoms with van der Waals surface area (Å²) in [6.45, 7) is 6.19. The largest absolute Gasteiger partial charge is 0.491 e. The number of carbonyl (C=O) groups is 1. The van der Waals surface area contributed by atoms with Gasteiger partial charge in [-0.2, -0.15) is 0 Å². The van der Waals surface area contributed by atoms with Gasteiger partial charge >= 0.3 is 5.97 Å². The quantitative estimate of drug-likeness (QED) is 0.839. The minimum atomic E-state index is -0.346. The lowest BCUT2D eigenvalue weighted by Gasteiger charge is -2.29. The molecular weight excluding hydrogens is 268 g/mol. The van der Waals surface area contributed by atoms with Crippen LogP contribution in [0.25, 0.3) is 0 Å². The SMILES string of the molecule is COC(=O)C(CN1CCCOc2ccccc21)NC(C)C. The van der Waals surface area contributed by atoms with Gasteiger partial charge in [0.1, 0.15) is 11.8 Å². The van der Waals surface area contributed by atoms with E-state index in [1.165, 1.54) is 7.11 Å². The summed E-state index contributed by atoms with van der Waals surface area (Å²) < 4.78 is 10.7. The molecule has 1 heterocycles. The van der Waals surface area contributed by atoms with Gasteiger partial charge in [0.2, 0.25) is 0 Å². The van der Waals surface area contributed by atoms with Gasteiger partial charge in [0.25, 0.3) is 0 Å². The first-order valence-electron chi connectivity index (χ1n) is 7.42. The number of ether oxygens (including phenoxy) is 2. The van der Waals surface area contributed by atoms with Gasteiger partial charge in [0.15, 0.2) is 0 Å². The average molecular weight is 292 g/mol. The number of methoxy groups -OCH3 is 1. The van der Waals surface area contributed by atoms with Gasteiger partial charge in [-0.15, -0.1) is 0 Å². The molecule has 0 fully saturated rings. The van der Waals surface area contributed by atoms with E-state index in [1.54, 1.807) is 0 Å². The third-order valence-corrected chi connectivity index (χ3v) is 3.46. The predicted octanol–water partition coefficient (Wildman–Crippen LogP) is 1.82. The smallest absolute Gasteiger partial charge is 0.324 e. The average Bonchev–Trinajstić information content (AvgIpc) is 2.68. The molecule has 1 aromatic carbocycles. The molecule has 2 rings (SSSR count). The van der Waals surface area contributed by atoms with Crippen molar-refractivity contribution in [2.75, 3.05) is 31.7 Å². The Kier molecular flexibility index (Phi) is 5.44. The second-order valence-corrected chi connectivity index (χ2v) is 5.51. The fraction of sp³-hybridized carbons (Fsp3) is 0.562. The summed E-state index contributed by atoms with van der Waals surface area (Å²) in [6, 6.07) is 7.82. The maximum absolute atomic E-state index is 12.0. The fourth-order valence-corrected chi connectivity index (χ4v) is 2.55. The molecule has 0 saturated carbocycles. The third kappa shape index (κ3) is 4.11. The molecule has 0 saturated heterocycles. The van der Waals surface area contributed by atoms with Crippen LogP contribution in [0.1, 0.15) is 20.3 Å². The number of carbonyl (C=O) groups excluding carboxylic acids is 1. The number of fused-ring (bicyclic) bond motifs is 1. The molecule has 0 spiro atoms. The standard InChI is InChI=1S/C16H24N2O3/c1-12(2)17-13(16(19)20-3)11-18-9-6-10-21-15-8-5-4-7-14(15)18/h4-5,7-8,12-13,17H,6,9-11H2,1-3H3. The Hall–Kier alpha value is -1.75. The van der Waals surface area contributed by atoms with Crippen LogP contribution in [-0.2, 0) is 9.53 Å². The van der Waals surface area contributed by atoms with E-state index in [0.717, 1.165) is 24.4 Å². The number of hydrogen-bond acceptors (Lipinski definition) is 5. The first-order chi connectivity index (χ1) is 10.1. The molecule has 1 aliphatic heterocycles. The minimum Gasteiger partial charge on any atom is -0.491 e. The minimum absolute atomic E-state index is 0.215. The number of anilines is 1. The number of hydrogen-bond donors (Lipinski definition) is 1. The Bertz CT molecular complexity index is 476. The van der Waals surface area contributed by atoms with Gasteiger partial charge in [-0.25, -0.2) is 0 Å². The van der Waals surface area contributed by atoms with E-state index in [9.17, 15) is 4.79 Å². The molecule has 1 unspecified atom stereocenters. The van der Waals surface area contributed by atoms with Gasteiger partial charge in [-0.05, 0) is 18.6 Å². The molecule has 5 nitrogen and oxygen atoms in total. The Morgan fingerprint density at radius 3 is 2.90 bits per heavy atom. The lowest BCUT2D eigenvalue weighted by atomic mass is 10.2. The van der Waals surface area contributed by atoms with Crippen molar-refractivity contribution in [3.63, 3.8) is 0 Å². The molecule has 116 valence electrons. The van der Waals surface area contributed by atoms with Crippen LogP contribution in [0.4, 0.5) is 5.69 Å². The summed E-state index contributed by atoms with van der Waals surface area (Å²) >= 11 is 0. The topological polar surface area (TPSA) is 50.8 Å². The first-order valence-corrected chi connectivity index (χ1v) is 7.42. The van der Waals surface area contributed by atoms with E-state index < -0.39 is 0 Å². The van der Waals surface area contributed by atoms with Crippen LogP contribution in [0, 0.1) is 0 Å². The normalized spacial score (nSPS) is 15.9. The molecule has 5 heteroatoms. The molecule has 0 bridgehead atoms. The second kappa shape index (κ2) is 7.31. The third-order valence-electron chi connectivity index (χ3n) is 3.46. The molecule has 0 aromatic heterocycles. The van der Waals surface area contributed by atoms with Crippen molar-refractivity contribution in [2.45, 2.75) is 32.4 Å². The zero-order chi connectivity index (χ0) is 15.2. The van der Waals surface area contributed by atoms with Crippen molar-refractivity contribution < 1.29 is 14.3 Å². The Balaban J connectivity index is 2.17. The number of rotatable bonds is 5. The highest BCUT2D eigenvalue weighted by atomic mass is 16.5. The van der Waals surface area contributed by atoms with Crippen LogP contribution in [0.2, 0.25) is 0 Å². The van der Waals surface area contributed by atoms with Gasteiger partial charge < -0.3 is 19.7 Å². The summed E-state index contributed by atoms with van der Waals surface area (Å²) in [4.78, 5) is 14.2. The van der Waals surface area contributed by atoms with Crippen molar-refractivity contribution in [1.29, 1.82) is 0 Å². The zero-order valence-corrected chi connectivity index (χ0v) is 13.0. The van der Waals surface area contributed by atoms with Gasteiger partial charge in [0.05, 0.1) is 19.4 Å². The van der Waals surface area contributed by atoms with Crippen LogP contribution in [-0.4, -0.2) is 44.9 Å². The van der Waals surface area contributed by atoms with Crippen LogP contribution in [0.15, 0.2) is 24.3 Å². The fourth-order valence-electron chi connectivity index (χ4n) is 2.55. The Labute approximate surface area is 126 Å². The van der Waals surface area contributed by atoms with E-state index in [2.05, 4.69) is 10.2 Å².